The molecule has 10 heteroatoms. The van der Waals surface area contributed by atoms with Crippen LogP contribution < -0.4 is 9.61 Å². The smallest absolute Gasteiger partial charge is 0.381 e. The van der Waals surface area contributed by atoms with Gasteiger partial charge in [0.15, 0.2) is 11.2 Å². The average Bonchev–Trinajstić information content (AvgIpc) is 3.31. The van der Waals surface area contributed by atoms with Crippen LogP contribution in [-0.4, -0.2) is 36.2 Å². The van der Waals surface area contributed by atoms with Crippen LogP contribution >= 0.6 is 0 Å². The second-order valence-electron chi connectivity index (χ2n) is 10.8. The lowest BCUT2D eigenvalue weighted by Crippen LogP contribution is -2.23. The molecule has 41 heavy (non-hydrogen) atoms. The summed E-state index contributed by atoms with van der Waals surface area (Å²) in [5.74, 6) is 2.67. The third-order valence-corrected chi connectivity index (χ3v) is 7.93. The summed E-state index contributed by atoms with van der Waals surface area (Å²) >= 11 is 0. The molecule has 3 aromatic heterocycles. The van der Waals surface area contributed by atoms with Gasteiger partial charge in [0.2, 0.25) is 0 Å². The molecule has 1 N–H and O–H groups in total. The summed E-state index contributed by atoms with van der Waals surface area (Å²) in [5.41, 5.74) is 5.03. The van der Waals surface area contributed by atoms with E-state index in [9.17, 15) is 17.1 Å². The number of aromatic nitrogens is 3. The Balaban J connectivity index is 1.70. The van der Waals surface area contributed by atoms with E-state index in [1.807, 2.05) is 30.3 Å². The van der Waals surface area contributed by atoms with Crippen molar-refractivity contribution in [1.29, 1.82) is 0 Å². The molecule has 1 fully saturated rings. The van der Waals surface area contributed by atoms with E-state index in [2.05, 4.69) is 38.5 Å². The minimum absolute atomic E-state index is 0.0581. The van der Waals surface area contributed by atoms with Crippen molar-refractivity contribution in [2.24, 2.45) is 5.92 Å². The molecule has 0 atom stereocenters. The number of rotatable bonds is 6. The molecule has 8 nitrogen and oxygen atoms in total. The van der Waals surface area contributed by atoms with Gasteiger partial charge in [-0.1, -0.05) is 29.7 Å². The fourth-order valence-corrected chi connectivity index (χ4v) is 6.20. The normalized spacial score (nSPS) is 14.7. The lowest BCUT2D eigenvalue weighted by Gasteiger charge is -2.28. The van der Waals surface area contributed by atoms with Gasteiger partial charge in [-0.3, -0.25) is 9.78 Å². The molecular weight excluding hydrogens is 545 g/mol. The molecule has 0 radical (unpaired) electrons. The van der Waals surface area contributed by atoms with Gasteiger partial charge >= 0.3 is 10.5 Å². The number of fused-ring (bicyclic) bond motifs is 4. The lowest BCUT2D eigenvalue weighted by molar-refractivity contribution is 0.0715. The Bertz CT molecular complexity index is 2030. The molecule has 0 saturated carbocycles. The number of ether oxygens (including phenoxy) is 1. The van der Waals surface area contributed by atoms with E-state index < -0.39 is 10.5 Å². The van der Waals surface area contributed by atoms with Gasteiger partial charge in [0.05, 0.1) is 17.1 Å². The Hall–Kier alpha value is -4.20. The van der Waals surface area contributed by atoms with Gasteiger partial charge < -0.3 is 18.5 Å². The van der Waals surface area contributed by atoms with E-state index in [0.717, 1.165) is 46.6 Å². The predicted molar refractivity (Wildman–Crippen MR) is 157 cm³/mol. The van der Waals surface area contributed by atoms with Crippen LogP contribution in [0.25, 0.3) is 44.0 Å². The molecule has 1 aliphatic rings. The van der Waals surface area contributed by atoms with E-state index in [1.165, 1.54) is 6.07 Å². The number of H-pyrrole nitrogens is 1. The highest BCUT2D eigenvalue weighted by Gasteiger charge is 2.25. The maximum atomic E-state index is 14.2. The number of halogens is 1. The van der Waals surface area contributed by atoms with E-state index in [1.54, 1.807) is 6.20 Å². The summed E-state index contributed by atoms with van der Waals surface area (Å²) in [6.07, 6.45) is 10.5. The molecule has 0 spiro atoms. The molecule has 0 amide bonds. The molecule has 6 rings (SSSR count). The highest BCUT2D eigenvalue weighted by molar-refractivity contribution is 7.81. The number of pyridine rings is 2. The summed E-state index contributed by atoms with van der Waals surface area (Å²) in [6, 6.07) is 11.0. The number of benzene rings is 2. The largest absolute Gasteiger partial charge is 0.488 e. The standard InChI is InChI=1S/C31H28FN3O5S/c1-4-19-5-6-24-27(12-19)34-31-29(24)30(36)26-14-20(11-18(2)3)25(15-28(26)35(31)22-7-9-39-10-8-22)21-13-23(17-33-16-21)40-41(32,37)38/h1,5-6,12-18,22,34H,7-11H2,2-3H3. The van der Waals surface area contributed by atoms with Crippen molar-refractivity contribution in [3.8, 4) is 29.2 Å². The van der Waals surface area contributed by atoms with Crippen LogP contribution in [-0.2, 0) is 21.7 Å². The zero-order valence-electron chi connectivity index (χ0n) is 22.6. The number of terminal acetylenes is 1. The topological polar surface area (TPSA) is 103 Å². The Labute approximate surface area is 236 Å². The van der Waals surface area contributed by atoms with Crippen LogP contribution in [0.2, 0.25) is 0 Å². The van der Waals surface area contributed by atoms with Crippen molar-refractivity contribution in [2.45, 2.75) is 39.2 Å². The van der Waals surface area contributed by atoms with E-state index in [4.69, 9.17) is 11.2 Å². The zero-order chi connectivity index (χ0) is 28.9. The summed E-state index contributed by atoms with van der Waals surface area (Å²) in [4.78, 5) is 21.8. The van der Waals surface area contributed by atoms with Gasteiger partial charge in [-0.05, 0) is 66.6 Å². The van der Waals surface area contributed by atoms with Crippen molar-refractivity contribution in [3.63, 3.8) is 0 Å². The Morgan fingerprint density at radius 3 is 2.66 bits per heavy atom. The SMILES string of the molecule is C#Cc1ccc2c(c1)[nH]c1c2c(=O)c2cc(CC(C)C)c(-c3cncc(OS(=O)(=O)F)c3)cc2n1C1CCOCC1. The molecule has 210 valence electrons. The highest BCUT2D eigenvalue weighted by atomic mass is 32.3. The summed E-state index contributed by atoms with van der Waals surface area (Å²) in [6.45, 7) is 5.35. The van der Waals surface area contributed by atoms with Gasteiger partial charge in [-0.25, -0.2) is 0 Å². The molecule has 0 aliphatic carbocycles. The van der Waals surface area contributed by atoms with Crippen molar-refractivity contribution >= 4 is 43.3 Å². The first-order valence-corrected chi connectivity index (χ1v) is 14.7. The number of nitrogens with one attached hydrogen (secondary N) is 1. The second-order valence-corrected chi connectivity index (χ2v) is 11.8. The zero-order valence-corrected chi connectivity index (χ0v) is 23.4. The third-order valence-electron chi connectivity index (χ3n) is 7.54. The van der Waals surface area contributed by atoms with Crippen LogP contribution in [0.4, 0.5) is 3.89 Å². The maximum absolute atomic E-state index is 14.2. The summed E-state index contributed by atoms with van der Waals surface area (Å²) in [5, 5.41) is 2.00. The van der Waals surface area contributed by atoms with Gasteiger partial charge in [-0.2, -0.15) is 8.42 Å². The first-order valence-electron chi connectivity index (χ1n) is 13.4. The van der Waals surface area contributed by atoms with E-state index in [0.29, 0.717) is 47.2 Å². The van der Waals surface area contributed by atoms with Crippen LogP contribution in [0, 0.1) is 18.3 Å². The molecule has 0 bridgehead atoms. The van der Waals surface area contributed by atoms with Gasteiger partial charge in [0.25, 0.3) is 0 Å². The molecular formula is C31H28FN3O5S. The quantitative estimate of drug-likeness (QED) is 0.203. The van der Waals surface area contributed by atoms with Crippen LogP contribution in [0.15, 0.2) is 53.6 Å². The van der Waals surface area contributed by atoms with Gasteiger partial charge in [0, 0.05) is 52.9 Å². The lowest BCUT2D eigenvalue weighted by atomic mass is 9.91. The van der Waals surface area contributed by atoms with Crippen molar-refractivity contribution in [3.05, 3.63) is 70.1 Å². The van der Waals surface area contributed by atoms with E-state index >= 15 is 0 Å². The summed E-state index contributed by atoms with van der Waals surface area (Å²) < 4.78 is 47.9. The highest BCUT2D eigenvalue weighted by Crippen LogP contribution is 2.37. The predicted octanol–water partition coefficient (Wildman–Crippen LogP) is 5.82. The van der Waals surface area contributed by atoms with Gasteiger partial charge in [-0.15, -0.1) is 6.42 Å². The molecule has 0 unspecified atom stereocenters. The monoisotopic (exact) mass is 573 g/mol. The Morgan fingerprint density at radius 1 is 1.17 bits per heavy atom. The molecule has 5 aromatic rings. The summed E-state index contributed by atoms with van der Waals surface area (Å²) in [7, 11) is -5.22. The fourth-order valence-electron chi connectivity index (χ4n) is 5.88. The van der Waals surface area contributed by atoms with Crippen molar-refractivity contribution in [2.75, 3.05) is 13.2 Å². The number of hydrogen-bond acceptors (Lipinski definition) is 6. The minimum atomic E-state index is -5.22. The van der Waals surface area contributed by atoms with Crippen molar-refractivity contribution < 1.29 is 21.2 Å². The molecule has 1 aliphatic heterocycles. The Kier molecular flexibility index (Phi) is 6.80. The minimum Gasteiger partial charge on any atom is -0.381 e. The van der Waals surface area contributed by atoms with Crippen LogP contribution in [0.3, 0.4) is 0 Å². The average molecular weight is 574 g/mol. The van der Waals surface area contributed by atoms with E-state index in [-0.39, 0.29) is 23.1 Å². The van der Waals surface area contributed by atoms with Crippen LogP contribution in [0.5, 0.6) is 5.75 Å². The Morgan fingerprint density at radius 2 is 1.95 bits per heavy atom. The number of aromatic amines is 1. The molecule has 2 aromatic carbocycles. The second kappa shape index (κ2) is 10.3. The first kappa shape index (κ1) is 27.0. The fraction of sp³-hybridized carbons (Fsp3) is 0.290. The number of hydrogen-bond donors (Lipinski definition) is 1. The molecule has 1 saturated heterocycles. The first-order chi connectivity index (χ1) is 19.6. The van der Waals surface area contributed by atoms with Crippen LogP contribution in [0.1, 0.15) is 43.9 Å². The number of nitrogens with zero attached hydrogens (tertiary/aromatic N) is 2. The molecule has 4 heterocycles. The third kappa shape index (κ3) is 5.07. The maximum Gasteiger partial charge on any atom is 0.488 e. The van der Waals surface area contributed by atoms with Crippen molar-refractivity contribution in [1.82, 2.24) is 14.5 Å². The van der Waals surface area contributed by atoms with Gasteiger partial charge in [0.1, 0.15) is 5.65 Å².